The van der Waals surface area contributed by atoms with E-state index >= 15 is 0 Å². The third-order valence-corrected chi connectivity index (χ3v) is 3.32. The second-order valence-electron chi connectivity index (χ2n) is 5.71. The predicted octanol–water partition coefficient (Wildman–Crippen LogP) is 1.58. The Balaban J connectivity index is 3.14. The molecular formula is C13H19NO4. The van der Waals surface area contributed by atoms with E-state index in [-0.39, 0.29) is 18.2 Å². The molecule has 0 fully saturated rings. The van der Waals surface area contributed by atoms with Crippen molar-refractivity contribution < 1.29 is 19.5 Å². The van der Waals surface area contributed by atoms with Gasteiger partial charge >= 0.3 is 5.97 Å². The van der Waals surface area contributed by atoms with E-state index in [2.05, 4.69) is 0 Å². The van der Waals surface area contributed by atoms with Gasteiger partial charge in [0.2, 0.25) is 0 Å². The zero-order valence-electron chi connectivity index (χ0n) is 11.4. The van der Waals surface area contributed by atoms with E-state index in [0.717, 1.165) is 4.90 Å². The minimum absolute atomic E-state index is 0.235. The molecule has 0 aromatic heterocycles. The maximum atomic E-state index is 12.1. The van der Waals surface area contributed by atoms with Gasteiger partial charge in [-0.3, -0.25) is 19.3 Å². The number of carbonyl (C=O) groups excluding carboxylic acids is 2. The summed E-state index contributed by atoms with van der Waals surface area (Å²) in [6.07, 6.45) is -0.235. The number of nitrogens with zero attached hydrogens (tertiary/aromatic N) is 1. The van der Waals surface area contributed by atoms with Crippen molar-refractivity contribution in [1.82, 2.24) is 4.90 Å². The number of amides is 2. The summed E-state index contributed by atoms with van der Waals surface area (Å²) in [5.41, 5.74) is 0.327. The quantitative estimate of drug-likeness (QED) is 0.775. The van der Waals surface area contributed by atoms with Crippen LogP contribution in [0.1, 0.15) is 41.0 Å². The molecule has 1 aliphatic heterocycles. The summed E-state index contributed by atoms with van der Waals surface area (Å²) in [6.45, 7) is 8.66. The smallest absolute Gasteiger partial charge is 0.305 e. The van der Waals surface area contributed by atoms with Crippen molar-refractivity contribution in [2.45, 2.75) is 47.1 Å². The van der Waals surface area contributed by atoms with E-state index in [4.69, 9.17) is 5.11 Å². The van der Waals surface area contributed by atoms with Crippen molar-refractivity contribution in [2.24, 2.45) is 5.41 Å². The number of carbonyl (C=O) groups is 3. The lowest BCUT2D eigenvalue weighted by Gasteiger charge is -2.36. The molecule has 0 spiro atoms. The zero-order chi connectivity index (χ0) is 14.2. The minimum Gasteiger partial charge on any atom is -0.481 e. The largest absolute Gasteiger partial charge is 0.481 e. The van der Waals surface area contributed by atoms with Crippen LogP contribution >= 0.6 is 0 Å². The first-order valence-electron chi connectivity index (χ1n) is 5.84. The Morgan fingerprint density at radius 3 is 1.83 bits per heavy atom. The van der Waals surface area contributed by atoms with Crippen LogP contribution in [0.25, 0.3) is 0 Å². The Hall–Kier alpha value is -1.65. The molecule has 1 aliphatic rings. The van der Waals surface area contributed by atoms with Gasteiger partial charge in [0.25, 0.3) is 11.8 Å². The van der Waals surface area contributed by atoms with Crippen LogP contribution in [0.3, 0.4) is 0 Å². The highest BCUT2D eigenvalue weighted by Gasteiger charge is 2.43. The summed E-state index contributed by atoms with van der Waals surface area (Å²) >= 11 is 0. The SMILES string of the molecule is CC1=C(C)C(=O)N(C(CC(=O)O)C(C)(C)C)C1=O. The van der Waals surface area contributed by atoms with Crippen LogP contribution < -0.4 is 0 Å². The molecule has 1 heterocycles. The molecule has 0 bridgehead atoms. The summed E-state index contributed by atoms with van der Waals surface area (Å²) in [4.78, 5) is 36.1. The highest BCUT2D eigenvalue weighted by Crippen LogP contribution is 2.32. The molecule has 5 nitrogen and oxygen atoms in total. The Labute approximate surface area is 106 Å². The van der Waals surface area contributed by atoms with Crippen LogP contribution in [0.5, 0.6) is 0 Å². The van der Waals surface area contributed by atoms with E-state index in [1.807, 2.05) is 20.8 Å². The topological polar surface area (TPSA) is 74.7 Å². The van der Waals surface area contributed by atoms with E-state index in [0.29, 0.717) is 11.1 Å². The van der Waals surface area contributed by atoms with Gasteiger partial charge in [-0.05, 0) is 19.3 Å². The van der Waals surface area contributed by atoms with Gasteiger partial charge in [-0.2, -0.15) is 0 Å². The minimum atomic E-state index is -1.02. The average molecular weight is 253 g/mol. The molecule has 18 heavy (non-hydrogen) atoms. The molecule has 0 saturated carbocycles. The fraction of sp³-hybridized carbons (Fsp3) is 0.615. The van der Waals surface area contributed by atoms with Gasteiger partial charge in [-0.25, -0.2) is 0 Å². The van der Waals surface area contributed by atoms with Gasteiger partial charge in [0.15, 0.2) is 0 Å². The molecule has 0 saturated heterocycles. The van der Waals surface area contributed by atoms with Gasteiger partial charge < -0.3 is 5.11 Å². The summed E-state index contributed by atoms with van der Waals surface area (Å²) in [5, 5.41) is 8.95. The van der Waals surface area contributed by atoms with Crippen molar-refractivity contribution in [1.29, 1.82) is 0 Å². The van der Waals surface area contributed by atoms with Crippen molar-refractivity contribution in [2.75, 3.05) is 0 Å². The molecule has 5 heteroatoms. The van der Waals surface area contributed by atoms with Crippen LogP contribution in [0.15, 0.2) is 11.1 Å². The maximum Gasteiger partial charge on any atom is 0.305 e. The Bertz CT molecular complexity index is 418. The summed E-state index contributed by atoms with van der Waals surface area (Å²) in [7, 11) is 0. The van der Waals surface area contributed by atoms with Gasteiger partial charge in [0, 0.05) is 11.1 Å². The summed E-state index contributed by atoms with van der Waals surface area (Å²) in [5.74, 6) is -1.77. The molecule has 0 aromatic rings. The fourth-order valence-electron chi connectivity index (χ4n) is 2.01. The maximum absolute atomic E-state index is 12.1. The summed E-state index contributed by atoms with van der Waals surface area (Å²) in [6, 6.07) is -0.637. The molecule has 0 radical (unpaired) electrons. The van der Waals surface area contributed by atoms with Gasteiger partial charge in [-0.1, -0.05) is 20.8 Å². The van der Waals surface area contributed by atoms with Crippen LogP contribution in [0.2, 0.25) is 0 Å². The lowest BCUT2D eigenvalue weighted by molar-refractivity contribution is -0.147. The van der Waals surface area contributed by atoms with Crippen molar-refractivity contribution >= 4 is 17.8 Å². The fourth-order valence-corrected chi connectivity index (χ4v) is 2.01. The molecule has 2 amide bonds. The monoisotopic (exact) mass is 253 g/mol. The third-order valence-electron chi connectivity index (χ3n) is 3.32. The lowest BCUT2D eigenvalue weighted by Crippen LogP contribution is -2.49. The van der Waals surface area contributed by atoms with Gasteiger partial charge in [0.1, 0.15) is 0 Å². The number of aliphatic carboxylic acids is 1. The zero-order valence-corrected chi connectivity index (χ0v) is 11.4. The number of rotatable bonds is 3. The standard InChI is InChI=1S/C13H19NO4/c1-7-8(2)12(18)14(11(7)17)9(6-10(15)16)13(3,4)5/h9H,6H2,1-5H3,(H,15,16). The van der Waals surface area contributed by atoms with Crippen molar-refractivity contribution in [3.63, 3.8) is 0 Å². The first-order chi connectivity index (χ1) is 8.07. The van der Waals surface area contributed by atoms with Gasteiger partial charge in [-0.15, -0.1) is 0 Å². The molecule has 100 valence electrons. The number of imide groups is 1. The van der Waals surface area contributed by atoms with Crippen LogP contribution in [0, 0.1) is 5.41 Å². The third kappa shape index (κ3) is 2.44. The second kappa shape index (κ2) is 4.55. The highest BCUT2D eigenvalue weighted by atomic mass is 16.4. The number of hydrogen-bond acceptors (Lipinski definition) is 3. The molecule has 1 unspecified atom stereocenters. The van der Waals surface area contributed by atoms with Gasteiger partial charge in [0.05, 0.1) is 12.5 Å². The molecule has 1 rings (SSSR count). The Kier molecular flexibility index (Phi) is 3.64. The molecule has 1 atom stereocenters. The Morgan fingerprint density at radius 2 is 1.56 bits per heavy atom. The van der Waals surface area contributed by atoms with Crippen molar-refractivity contribution in [3.05, 3.63) is 11.1 Å². The summed E-state index contributed by atoms with van der Waals surface area (Å²) < 4.78 is 0. The molecular weight excluding hydrogens is 234 g/mol. The van der Waals surface area contributed by atoms with Crippen LogP contribution in [-0.4, -0.2) is 33.8 Å². The van der Waals surface area contributed by atoms with E-state index < -0.39 is 17.4 Å². The van der Waals surface area contributed by atoms with E-state index in [1.165, 1.54) is 0 Å². The van der Waals surface area contributed by atoms with Crippen LogP contribution in [0.4, 0.5) is 0 Å². The van der Waals surface area contributed by atoms with E-state index in [9.17, 15) is 14.4 Å². The van der Waals surface area contributed by atoms with Crippen molar-refractivity contribution in [3.8, 4) is 0 Å². The lowest BCUT2D eigenvalue weighted by atomic mass is 9.83. The van der Waals surface area contributed by atoms with E-state index in [1.54, 1.807) is 13.8 Å². The number of carboxylic acids is 1. The number of hydrogen-bond donors (Lipinski definition) is 1. The normalized spacial score (nSPS) is 18.6. The Morgan fingerprint density at radius 1 is 1.17 bits per heavy atom. The predicted molar refractivity (Wildman–Crippen MR) is 65.7 cm³/mol. The average Bonchev–Trinajstić information content (AvgIpc) is 2.39. The first-order valence-corrected chi connectivity index (χ1v) is 5.84. The van der Waals surface area contributed by atoms with Crippen LogP contribution in [-0.2, 0) is 14.4 Å². The number of carboxylic acid groups (broad SMARTS) is 1. The molecule has 1 N–H and O–H groups in total. The first kappa shape index (κ1) is 14.4. The second-order valence-corrected chi connectivity index (χ2v) is 5.71. The molecule has 0 aliphatic carbocycles. The highest BCUT2D eigenvalue weighted by molar-refractivity contribution is 6.19. The molecule has 0 aromatic carbocycles.